The maximum Gasteiger partial charge on any atom is 0.246 e. The van der Waals surface area contributed by atoms with Crippen molar-refractivity contribution in [1.82, 2.24) is 10.2 Å². The van der Waals surface area contributed by atoms with Gasteiger partial charge < -0.3 is 10.2 Å². The standard InChI is InChI=1S/C15H28N2O2/c1-7-8-12-15(19)17(11(6)9(2)3)13(10(4)5)14(18)16-12/h9-13H,7-8H2,1-6H3,(H,16,18). The zero-order chi connectivity index (χ0) is 14.7. The van der Waals surface area contributed by atoms with Crippen LogP contribution >= 0.6 is 0 Å². The predicted octanol–water partition coefficient (Wildman–Crippen LogP) is 2.18. The van der Waals surface area contributed by atoms with Crippen LogP contribution in [0.4, 0.5) is 0 Å². The molecule has 0 aromatic heterocycles. The van der Waals surface area contributed by atoms with E-state index in [-0.39, 0.29) is 35.9 Å². The zero-order valence-corrected chi connectivity index (χ0v) is 13.1. The molecule has 0 saturated carbocycles. The number of nitrogens with one attached hydrogen (secondary N) is 1. The van der Waals surface area contributed by atoms with Crippen molar-refractivity contribution in [1.29, 1.82) is 0 Å². The van der Waals surface area contributed by atoms with E-state index in [0.29, 0.717) is 5.92 Å². The lowest BCUT2D eigenvalue weighted by Crippen LogP contribution is -2.67. The fourth-order valence-electron chi connectivity index (χ4n) is 2.65. The third-order valence-electron chi connectivity index (χ3n) is 4.05. The van der Waals surface area contributed by atoms with E-state index in [1.54, 1.807) is 0 Å². The summed E-state index contributed by atoms with van der Waals surface area (Å²) in [5, 5.41) is 2.89. The topological polar surface area (TPSA) is 49.4 Å². The molecule has 0 bridgehead atoms. The molecule has 0 aromatic carbocycles. The second kappa shape index (κ2) is 6.40. The molecular weight excluding hydrogens is 240 g/mol. The molecule has 4 nitrogen and oxygen atoms in total. The summed E-state index contributed by atoms with van der Waals surface area (Å²) in [5.74, 6) is 0.563. The first kappa shape index (κ1) is 16.0. The van der Waals surface area contributed by atoms with E-state index in [1.807, 2.05) is 32.6 Å². The molecule has 19 heavy (non-hydrogen) atoms. The van der Waals surface area contributed by atoms with E-state index in [1.165, 1.54) is 0 Å². The Balaban J connectivity index is 3.06. The van der Waals surface area contributed by atoms with Crippen molar-refractivity contribution >= 4 is 11.8 Å². The van der Waals surface area contributed by atoms with Gasteiger partial charge in [-0.2, -0.15) is 0 Å². The molecule has 110 valence electrons. The molecule has 3 unspecified atom stereocenters. The molecule has 3 atom stereocenters. The summed E-state index contributed by atoms with van der Waals surface area (Å²) in [7, 11) is 0. The molecule has 1 heterocycles. The average molecular weight is 268 g/mol. The van der Waals surface area contributed by atoms with Crippen LogP contribution in [-0.2, 0) is 9.59 Å². The molecule has 1 aliphatic heterocycles. The van der Waals surface area contributed by atoms with Crippen molar-refractivity contribution in [3.05, 3.63) is 0 Å². The van der Waals surface area contributed by atoms with Gasteiger partial charge in [0.1, 0.15) is 12.1 Å². The van der Waals surface area contributed by atoms with Crippen LogP contribution in [0.5, 0.6) is 0 Å². The maximum atomic E-state index is 12.6. The number of carbonyl (C=O) groups is 2. The van der Waals surface area contributed by atoms with Gasteiger partial charge in [-0.25, -0.2) is 0 Å². The second-order valence-corrected chi connectivity index (χ2v) is 6.27. The van der Waals surface area contributed by atoms with Gasteiger partial charge in [-0.1, -0.05) is 41.0 Å². The molecule has 1 fully saturated rings. The van der Waals surface area contributed by atoms with Gasteiger partial charge in [0, 0.05) is 6.04 Å². The molecule has 0 radical (unpaired) electrons. The van der Waals surface area contributed by atoms with Crippen LogP contribution < -0.4 is 5.32 Å². The van der Waals surface area contributed by atoms with Crippen LogP contribution in [0.3, 0.4) is 0 Å². The van der Waals surface area contributed by atoms with Crippen molar-refractivity contribution in [3.63, 3.8) is 0 Å². The number of nitrogens with zero attached hydrogens (tertiary/aromatic N) is 1. The normalized spacial score (nSPS) is 26.0. The fraction of sp³-hybridized carbons (Fsp3) is 0.867. The van der Waals surface area contributed by atoms with Crippen molar-refractivity contribution in [2.24, 2.45) is 11.8 Å². The molecule has 4 heteroatoms. The van der Waals surface area contributed by atoms with E-state index in [4.69, 9.17) is 0 Å². The predicted molar refractivity (Wildman–Crippen MR) is 76.6 cm³/mol. The van der Waals surface area contributed by atoms with E-state index in [9.17, 15) is 9.59 Å². The molecule has 0 aromatic rings. The highest BCUT2D eigenvalue weighted by Crippen LogP contribution is 2.24. The van der Waals surface area contributed by atoms with Crippen LogP contribution in [0.1, 0.15) is 54.4 Å². The highest BCUT2D eigenvalue weighted by atomic mass is 16.2. The van der Waals surface area contributed by atoms with Gasteiger partial charge in [-0.05, 0) is 25.2 Å². The molecule has 0 spiro atoms. The Hall–Kier alpha value is -1.06. The highest BCUT2D eigenvalue weighted by Gasteiger charge is 2.43. The van der Waals surface area contributed by atoms with Crippen molar-refractivity contribution in [2.75, 3.05) is 0 Å². The Kier molecular flexibility index (Phi) is 5.39. The molecule has 2 amide bonds. The first-order chi connectivity index (χ1) is 8.81. The Labute approximate surface area is 116 Å². The minimum atomic E-state index is -0.339. The Morgan fingerprint density at radius 3 is 2.16 bits per heavy atom. The number of hydrogen-bond donors (Lipinski definition) is 1. The number of carbonyl (C=O) groups excluding carboxylic acids is 2. The van der Waals surface area contributed by atoms with Crippen molar-refractivity contribution in [3.8, 4) is 0 Å². The summed E-state index contributed by atoms with van der Waals surface area (Å²) < 4.78 is 0. The molecule has 1 saturated heterocycles. The Bertz CT molecular complexity index is 339. The van der Waals surface area contributed by atoms with Gasteiger partial charge in [0.15, 0.2) is 0 Å². The monoisotopic (exact) mass is 268 g/mol. The molecule has 1 rings (SSSR count). The Morgan fingerprint density at radius 2 is 1.74 bits per heavy atom. The second-order valence-electron chi connectivity index (χ2n) is 6.27. The lowest BCUT2D eigenvalue weighted by molar-refractivity contribution is -0.155. The SMILES string of the molecule is CCCC1NC(=O)C(C(C)C)N(C(C)C(C)C)C1=O. The van der Waals surface area contributed by atoms with Crippen LogP contribution in [-0.4, -0.2) is 34.8 Å². The summed E-state index contributed by atoms with van der Waals surface area (Å²) in [4.78, 5) is 26.8. The summed E-state index contributed by atoms with van der Waals surface area (Å²) >= 11 is 0. The van der Waals surface area contributed by atoms with Crippen molar-refractivity contribution < 1.29 is 9.59 Å². The fourth-order valence-corrected chi connectivity index (χ4v) is 2.65. The minimum Gasteiger partial charge on any atom is -0.342 e. The summed E-state index contributed by atoms with van der Waals surface area (Å²) in [6.45, 7) is 12.3. The van der Waals surface area contributed by atoms with E-state index in [0.717, 1.165) is 12.8 Å². The Morgan fingerprint density at radius 1 is 1.16 bits per heavy atom. The van der Waals surface area contributed by atoms with Crippen molar-refractivity contribution in [2.45, 2.75) is 72.5 Å². The summed E-state index contributed by atoms with van der Waals surface area (Å²) in [6, 6.07) is -0.586. The average Bonchev–Trinajstić information content (AvgIpc) is 2.31. The largest absolute Gasteiger partial charge is 0.342 e. The first-order valence-electron chi connectivity index (χ1n) is 7.43. The lowest BCUT2D eigenvalue weighted by Gasteiger charge is -2.45. The van der Waals surface area contributed by atoms with E-state index < -0.39 is 0 Å². The van der Waals surface area contributed by atoms with E-state index in [2.05, 4.69) is 19.2 Å². The molecule has 1 aliphatic rings. The third kappa shape index (κ3) is 3.28. The quantitative estimate of drug-likeness (QED) is 0.831. The van der Waals surface area contributed by atoms with Gasteiger partial charge in [0.05, 0.1) is 0 Å². The zero-order valence-electron chi connectivity index (χ0n) is 13.1. The van der Waals surface area contributed by atoms with Gasteiger partial charge in [-0.3, -0.25) is 9.59 Å². The minimum absolute atomic E-state index is 0.000509. The van der Waals surface area contributed by atoms with Crippen LogP contribution in [0.15, 0.2) is 0 Å². The third-order valence-corrected chi connectivity index (χ3v) is 4.05. The van der Waals surface area contributed by atoms with Gasteiger partial charge in [0.2, 0.25) is 11.8 Å². The first-order valence-corrected chi connectivity index (χ1v) is 7.43. The molecular formula is C15H28N2O2. The summed E-state index contributed by atoms with van der Waals surface area (Å²) in [6.07, 6.45) is 1.61. The van der Waals surface area contributed by atoms with E-state index >= 15 is 0 Å². The lowest BCUT2D eigenvalue weighted by atomic mass is 9.91. The smallest absolute Gasteiger partial charge is 0.246 e. The number of rotatable bonds is 5. The van der Waals surface area contributed by atoms with Crippen LogP contribution in [0, 0.1) is 11.8 Å². The van der Waals surface area contributed by atoms with Crippen LogP contribution in [0.2, 0.25) is 0 Å². The van der Waals surface area contributed by atoms with Gasteiger partial charge in [-0.15, -0.1) is 0 Å². The number of amides is 2. The van der Waals surface area contributed by atoms with Gasteiger partial charge in [0.25, 0.3) is 0 Å². The molecule has 0 aliphatic carbocycles. The number of hydrogen-bond acceptors (Lipinski definition) is 2. The van der Waals surface area contributed by atoms with Crippen LogP contribution in [0.25, 0.3) is 0 Å². The molecule has 1 N–H and O–H groups in total. The summed E-state index contributed by atoms with van der Waals surface area (Å²) in [5.41, 5.74) is 0. The maximum absolute atomic E-state index is 12.6. The highest BCUT2D eigenvalue weighted by molar-refractivity contribution is 5.97. The number of piperazine rings is 1. The van der Waals surface area contributed by atoms with Gasteiger partial charge >= 0.3 is 0 Å².